The molecule has 0 fully saturated rings. The lowest BCUT2D eigenvalue weighted by molar-refractivity contribution is 0.411. The van der Waals surface area contributed by atoms with E-state index in [9.17, 15) is 0 Å². The number of para-hydroxylation sites is 2. The van der Waals surface area contributed by atoms with Crippen molar-refractivity contribution in [3.05, 3.63) is 59.4 Å². The van der Waals surface area contributed by atoms with Crippen LogP contribution >= 0.6 is 0 Å². The van der Waals surface area contributed by atoms with E-state index < -0.39 is 0 Å². The highest BCUT2D eigenvalue weighted by Gasteiger charge is 2.04. The number of aromatic nitrogens is 2. The van der Waals surface area contributed by atoms with Crippen LogP contribution in [0.3, 0.4) is 0 Å². The van der Waals surface area contributed by atoms with Crippen LogP contribution in [0.25, 0.3) is 11.0 Å². The Morgan fingerprint density at radius 2 is 2.00 bits per heavy atom. The van der Waals surface area contributed by atoms with Gasteiger partial charge in [-0.3, -0.25) is 4.99 Å². The molecule has 0 amide bonds. The lowest BCUT2D eigenvalue weighted by Gasteiger charge is -2.12. The minimum atomic E-state index is 0.674. The topological polar surface area (TPSA) is 74.3 Å². The number of methoxy groups -OCH3 is 1. The summed E-state index contributed by atoms with van der Waals surface area (Å²) >= 11 is 0. The molecule has 0 saturated heterocycles. The standard InChI is InChI=1S/C22H29N5O/c1-4-23-22(24-13-11-17-10-9-16(2)20(15-17)28-3)25-14-12-21-26-18-7-5-6-8-19(18)27-21/h5-10,15H,4,11-14H2,1-3H3,(H,26,27)(H2,23,24,25). The summed E-state index contributed by atoms with van der Waals surface area (Å²) in [4.78, 5) is 12.6. The van der Waals surface area contributed by atoms with Crippen LogP contribution in [0.4, 0.5) is 0 Å². The molecule has 0 atom stereocenters. The average Bonchev–Trinajstić information content (AvgIpc) is 3.12. The van der Waals surface area contributed by atoms with Crippen LogP contribution in [0.15, 0.2) is 47.5 Å². The highest BCUT2D eigenvalue weighted by molar-refractivity contribution is 5.79. The number of hydrogen-bond donors (Lipinski definition) is 3. The van der Waals surface area contributed by atoms with Gasteiger partial charge in [0.1, 0.15) is 11.6 Å². The Morgan fingerprint density at radius 3 is 2.79 bits per heavy atom. The molecule has 0 aliphatic heterocycles. The molecule has 28 heavy (non-hydrogen) atoms. The van der Waals surface area contributed by atoms with Crippen molar-refractivity contribution in [1.29, 1.82) is 0 Å². The van der Waals surface area contributed by atoms with Crippen molar-refractivity contribution in [2.75, 3.05) is 26.7 Å². The van der Waals surface area contributed by atoms with Crippen LogP contribution in [-0.4, -0.2) is 42.7 Å². The van der Waals surface area contributed by atoms with Crippen molar-refractivity contribution in [3.8, 4) is 5.75 Å². The summed E-state index contributed by atoms with van der Waals surface area (Å²) < 4.78 is 5.40. The smallest absolute Gasteiger partial charge is 0.191 e. The Balaban J connectivity index is 1.52. The highest BCUT2D eigenvalue weighted by atomic mass is 16.5. The third-order valence-corrected chi connectivity index (χ3v) is 4.58. The van der Waals surface area contributed by atoms with Gasteiger partial charge in [0, 0.05) is 26.1 Å². The summed E-state index contributed by atoms with van der Waals surface area (Å²) in [5, 5.41) is 6.70. The number of aromatic amines is 1. The lowest BCUT2D eigenvalue weighted by atomic mass is 10.1. The average molecular weight is 380 g/mol. The maximum atomic E-state index is 5.40. The van der Waals surface area contributed by atoms with Gasteiger partial charge >= 0.3 is 0 Å². The monoisotopic (exact) mass is 379 g/mol. The van der Waals surface area contributed by atoms with Crippen LogP contribution < -0.4 is 15.4 Å². The molecule has 3 N–H and O–H groups in total. The second kappa shape index (κ2) is 9.78. The number of nitrogens with zero attached hydrogens (tertiary/aromatic N) is 2. The molecule has 0 unspecified atom stereocenters. The molecule has 0 saturated carbocycles. The first kappa shape index (κ1) is 19.7. The second-order valence-electron chi connectivity index (χ2n) is 6.69. The van der Waals surface area contributed by atoms with Crippen molar-refractivity contribution in [1.82, 2.24) is 20.6 Å². The molecule has 148 valence electrons. The summed E-state index contributed by atoms with van der Waals surface area (Å²) in [5.41, 5.74) is 4.47. The first-order valence-electron chi connectivity index (χ1n) is 9.79. The largest absolute Gasteiger partial charge is 0.496 e. The van der Waals surface area contributed by atoms with Crippen LogP contribution in [-0.2, 0) is 12.8 Å². The van der Waals surface area contributed by atoms with Gasteiger partial charge in [-0.1, -0.05) is 24.3 Å². The Labute approximate surface area is 166 Å². The number of aryl methyl sites for hydroxylation is 1. The maximum absolute atomic E-state index is 5.40. The summed E-state index contributed by atoms with van der Waals surface area (Å²) in [6, 6.07) is 14.4. The zero-order chi connectivity index (χ0) is 19.8. The molecule has 1 heterocycles. The molecule has 1 aromatic heterocycles. The van der Waals surface area contributed by atoms with Crippen molar-refractivity contribution < 1.29 is 4.74 Å². The SMILES string of the molecule is CCNC(=NCCc1nc2ccccc2[nH]1)NCCc1ccc(C)c(OC)c1. The van der Waals surface area contributed by atoms with Crippen LogP contribution in [0.1, 0.15) is 23.9 Å². The Morgan fingerprint density at radius 1 is 1.14 bits per heavy atom. The van der Waals surface area contributed by atoms with Gasteiger partial charge in [-0.05, 0) is 49.6 Å². The molecule has 0 radical (unpaired) electrons. The van der Waals surface area contributed by atoms with Crippen molar-refractivity contribution >= 4 is 17.0 Å². The minimum absolute atomic E-state index is 0.674. The number of benzene rings is 2. The minimum Gasteiger partial charge on any atom is -0.496 e. The molecule has 0 aliphatic carbocycles. The van der Waals surface area contributed by atoms with E-state index in [1.165, 1.54) is 5.56 Å². The molecular formula is C22H29N5O. The normalized spacial score (nSPS) is 11.6. The van der Waals surface area contributed by atoms with E-state index in [1.54, 1.807) is 7.11 Å². The maximum Gasteiger partial charge on any atom is 0.191 e. The van der Waals surface area contributed by atoms with E-state index in [1.807, 2.05) is 24.3 Å². The lowest BCUT2D eigenvalue weighted by Crippen LogP contribution is -2.38. The molecule has 3 rings (SSSR count). The number of ether oxygens (including phenoxy) is 1. The van der Waals surface area contributed by atoms with Crippen molar-refractivity contribution in [2.45, 2.75) is 26.7 Å². The van der Waals surface area contributed by atoms with Gasteiger partial charge < -0.3 is 20.4 Å². The summed E-state index contributed by atoms with van der Waals surface area (Å²) in [6.45, 7) is 6.44. The van der Waals surface area contributed by atoms with E-state index in [2.05, 4.69) is 57.6 Å². The van der Waals surface area contributed by atoms with E-state index in [-0.39, 0.29) is 0 Å². The predicted octanol–water partition coefficient (Wildman–Crippen LogP) is 3.22. The molecule has 6 nitrogen and oxygen atoms in total. The molecule has 0 aliphatic rings. The van der Waals surface area contributed by atoms with Gasteiger partial charge in [-0.15, -0.1) is 0 Å². The number of guanidine groups is 1. The zero-order valence-electron chi connectivity index (χ0n) is 16.9. The van der Waals surface area contributed by atoms with Gasteiger partial charge in [-0.25, -0.2) is 4.98 Å². The Bertz CT molecular complexity index is 899. The van der Waals surface area contributed by atoms with Crippen molar-refractivity contribution in [3.63, 3.8) is 0 Å². The number of H-pyrrole nitrogens is 1. The van der Waals surface area contributed by atoms with E-state index in [0.29, 0.717) is 6.54 Å². The third kappa shape index (κ3) is 5.25. The van der Waals surface area contributed by atoms with E-state index in [4.69, 9.17) is 4.74 Å². The third-order valence-electron chi connectivity index (χ3n) is 4.58. The number of aliphatic imine (C=N–C) groups is 1. The molecule has 6 heteroatoms. The van der Waals surface area contributed by atoms with Crippen LogP contribution in [0, 0.1) is 6.92 Å². The fourth-order valence-corrected chi connectivity index (χ4v) is 3.08. The van der Waals surface area contributed by atoms with E-state index in [0.717, 1.165) is 60.1 Å². The van der Waals surface area contributed by atoms with E-state index >= 15 is 0 Å². The fraction of sp³-hybridized carbons (Fsp3) is 0.364. The second-order valence-corrected chi connectivity index (χ2v) is 6.69. The fourth-order valence-electron chi connectivity index (χ4n) is 3.08. The molecule has 2 aromatic carbocycles. The Hall–Kier alpha value is -3.02. The first-order valence-corrected chi connectivity index (χ1v) is 9.79. The highest BCUT2D eigenvalue weighted by Crippen LogP contribution is 2.19. The molecule has 3 aromatic rings. The van der Waals surface area contributed by atoms with Crippen molar-refractivity contribution in [2.24, 2.45) is 4.99 Å². The Kier molecular flexibility index (Phi) is 6.89. The quantitative estimate of drug-likeness (QED) is 0.415. The van der Waals surface area contributed by atoms with Gasteiger partial charge in [0.2, 0.25) is 0 Å². The van der Waals surface area contributed by atoms with Gasteiger partial charge in [0.25, 0.3) is 0 Å². The number of nitrogens with one attached hydrogen (secondary N) is 3. The van der Waals surface area contributed by atoms with Gasteiger partial charge in [0.15, 0.2) is 5.96 Å². The number of imidazole rings is 1. The first-order chi connectivity index (χ1) is 13.7. The van der Waals surface area contributed by atoms with Crippen LogP contribution in [0.2, 0.25) is 0 Å². The summed E-state index contributed by atoms with van der Waals surface area (Å²) in [7, 11) is 1.71. The number of fused-ring (bicyclic) bond motifs is 1. The summed E-state index contributed by atoms with van der Waals surface area (Å²) in [6.07, 6.45) is 1.69. The van der Waals surface area contributed by atoms with Crippen LogP contribution in [0.5, 0.6) is 5.75 Å². The zero-order valence-corrected chi connectivity index (χ0v) is 16.9. The predicted molar refractivity (Wildman–Crippen MR) is 115 cm³/mol. The number of rotatable bonds is 8. The molecule has 0 spiro atoms. The summed E-state index contributed by atoms with van der Waals surface area (Å²) in [5.74, 6) is 2.73. The van der Waals surface area contributed by atoms with Gasteiger partial charge in [-0.2, -0.15) is 0 Å². The molecular weight excluding hydrogens is 350 g/mol. The van der Waals surface area contributed by atoms with Gasteiger partial charge in [0.05, 0.1) is 18.1 Å². The molecule has 0 bridgehead atoms. The number of hydrogen-bond acceptors (Lipinski definition) is 3.